The highest BCUT2D eigenvalue weighted by Gasteiger charge is 2.73. The van der Waals surface area contributed by atoms with Crippen LogP contribution in [0.1, 0.15) is 40.0 Å². The highest BCUT2D eigenvalue weighted by atomic mass is 16.5. The molecule has 0 amide bonds. The molecule has 0 unspecified atom stereocenters. The van der Waals surface area contributed by atoms with E-state index in [2.05, 4.69) is 0 Å². The van der Waals surface area contributed by atoms with Crippen molar-refractivity contribution in [1.29, 1.82) is 0 Å². The van der Waals surface area contributed by atoms with Gasteiger partial charge in [0.2, 0.25) is 5.78 Å². The number of hydrogen-bond acceptors (Lipinski definition) is 5. The summed E-state index contributed by atoms with van der Waals surface area (Å²) in [5, 5.41) is 20.9. The van der Waals surface area contributed by atoms with Crippen molar-refractivity contribution in [1.82, 2.24) is 0 Å². The van der Waals surface area contributed by atoms with Gasteiger partial charge in [-0.2, -0.15) is 0 Å². The number of hydrogen-bond donors (Lipinski definition) is 2. The van der Waals surface area contributed by atoms with Gasteiger partial charge < -0.3 is 14.9 Å². The van der Waals surface area contributed by atoms with Crippen LogP contribution in [0.15, 0.2) is 11.3 Å². The van der Waals surface area contributed by atoms with Crippen LogP contribution in [0.2, 0.25) is 0 Å². The third-order valence-corrected chi connectivity index (χ3v) is 6.51. The third-order valence-electron chi connectivity index (χ3n) is 6.51. The minimum Gasteiger partial charge on any atom is -0.504 e. The fourth-order valence-electron chi connectivity index (χ4n) is 5.19. The van der Waals surface area contributed by atoms with E-state index in [1.165, 1.54) is 7.11 Å². The first kappa shape index (κ1) is 14.6. The Morgan fingerprint density at radius 3 is 2.48 bits per heavy atom. The molecule has 0 aromatic rings. The van der Waals surface area contributed by atoms with Crippen LogP contribution in [0.3, 0.4) is 0 Å². The zero-order valence-corrected chi connectivity index (χ0v) is 12.9. The van der Waals surface area contributed by atoms with Gasteiger partial charge in [0.25, 0.3) is 0 Å². The Morgan fingerprint density at radius 2 is 1.90 bits per heavy atom. The molecule has 5 nitrogen and oxygen atoms in total. The molecule has 5 atom stereocenters. The Labute approximate surface area is 124 Å². The summed E-state index contributed by atoms with van der Waals surface area (Å²) < 4.78 is 4.91. The van der Waals surface area contributed by atoms with E-state index < -0.39 is 22.2 Å². The molecule has 0 spiro atoms. The maximum atomic E-state index is 12.3. The van der Waals surface area contributed by atoms with Gasteiger partial charge in [0.1, 0.15) is 5.60 Å². The molecule has 116 valence electrons. The maximum absolute atomic E-state index is 12.3. The topological polar surface area (TPSA) is 83.8 Å². The van der Waals surface area contributed by atoms with Gasteiger partial charge in [-0.15, -0.1) is 0 Å². The molecule has 2 N–H and O–H groups in total. The summed E-state index contributed by atoms with van der Waals surface area (Å²) in [6.07, 6.45) is 1.49. The van der Waals surface area contributed by atoms with E-state index in [1.807, 2.05) is 13.8 Å². The third kappa shape index (κ3) is 1.40. The Kier molecular flexibility index (Phi) is 2.70. The number of fused-ring (bicyclic) bond motifs is 3. The van der Waals surface area contributed by atoms with E-state index in [1.54, 1.807) is 6.92 Å². The first-order chi connectivity index (χ1) is 9.61. The molecule has 0 aliphatic heterocycles. The molecule has 0 aromatic carbocycles. The van der Waals surface area contributed by atoms with Gasteiger partial charge in [0, 0.05) is 5.41 Å². The van der Waals surface area contributed by atoms with Crippen molar-refractivity contribution in [2.75, 3.05) is 7.11 Å². The molecule has 3 aliphatic rings. The zero-order valence-electron chi connectivity index (χ0n) is 12.9. The van der Waals surface area contributed by atoms with Crippen molar-refractivity contribution in [2.45, 2.75) is 45.6 Å². The number of carbonyl (C=O) groups excluding carboxylic acids is 2. The fraction of sp³-hybridized carbons (Fsp3) is 0.750. The smallest absolute Gasteiger partial charge is 0.311 e. The Balaban J connectivity index is 2.03. The number of Topliss-reactive ketones (excluding diaryl/α,β-unsaturated/α-hetero) is 1. The highest BCUT2D eigenvalue weighted by molar-refractivity contribution is 6.05. The molecule has 21 heavy (non-hydrogen) atoms. The van der Waals surface area contributed by atoms with Gasteiger partial charge in [-0.25, -0.2) is 0 Å². The van der Waals surface area contributed by atoms with Gasteiger partial charge in [0.05, 0.1) is 12.5 Å². The predicted molar refractivity (Wildman–Crippen MR) is 74.3 cm³/mol. The number of aliphatic hydroxyl groups is 2. The first-order valence-electron chi connectivity index (χ1n) is 7.38. The summed E-state index contributed by atoms with van der Waals surface area (Å²) in [7, 11) is 1.38. The summed E-state index contributed by atoms with van der Waals surface area (Å²) in [6, 6.07) is 0. The van der Waals surface area contributed by atoms with Crippen LogP contribution < -0.4 is 0 Å². The molecular formula is C16H22O5. The zero-order chi connectivity index (χ0) is 15.8. The normalized spacial score (nSPS) is 48.5. The standard InChI is InChI=1S/C16H22O5/c1-8-11(17)12(18)16(20)6-9-5-14(2,13(19)21-4)7-10(9)15(8,16)3/h9-10,17,20H,5-7H2,1-4H3/t9-,10-,14+,15+,16-/m1/s1. The van der Waals surface area contributed by atoms with Crippen molar-refractivity contribution < 1.29 is 24.5 Å². The largest absolute Gasteiger partial charge is 0.504 e. The summed E-state index contributed by atoms with van der Waals surface area (Å²) in [5.74, 6) is -1.00. The molecule has 0 heterocycles. The van der Waals surface area contributed by atoms with Crippen LogP contribution >= 0.6 is 0 Å². The number of ketones is 1. The first-order valence-corrected chi connectivity index (χ1v) is 7.38. The molecule has 5 heteroatoms. The fourth-order valence-corrected chi connectivity index (χ4v) is 5.19. The van der Waals surface area contributed by atoms with Gasteiger partial charge in [-0.3, -0.25) is 9.59 Å². The summed E-state index contributed by atoms with van der Waals surface area (Å²) >= 11 is 0. The molecule has 2 saturated carbocycles. The molecular weight excluding hydrogens is 272 g/mol. The van der Waals surface area contributed by atoms with Gasteiger partial charge in [-0.05, 0) is 50.5 Å². The molecule has 3 aliphatic carbocycles. The Morgan fingerprint density at radius 1 is 1.29 bits per heavy atom. The van der Waals surface area contributed by atoms with Crippen molar-refractivity contribution in [2.24, 2.45) is 22.7 Å². The predicted octanol–water partition coefficient (Wildman–Crippen LogP) is 1.75. The molecule has 0 bridgehead atoms. The molecule has 0 aromatic heterocycles. The Hall–Kier alpha value is -1.36. The lowest BCUT2D eigenvalue weighted by Crippen LogP contribution is -2.48. The van der Waals surface area contributed by atoms with Crippen molar-refractivity contribution in [3.63, 3.8) is 0 Å². The average Bonchev–Trinajstić information content (AvgIpc) is 2.92. The molecule has 0 saturated heterocycles. The lowest BCUT2D eigenvalue weighted by atomic mass is 9.67. The second kappa shape index (κ2) is 3.88. The van der Waals surface area contributed by atoms with E-state index in [-0.39, 0.29) is 23.6 Å². The number of methoxy groups -OCH3 is 1. The molecule has 0 radical (unpaired) electrons. The van der Waals surface area contributed by atoms with E-state index in [4.69, 9.17) is 4.74 Å². The summed E-state index contributed by atoms with van der Waals surface area (Å²) in [4.78, 5) is 24.3. The van der Waals surface area contributed by atoms with Crippen LogP contribution in [0.5, 0.6) is 0 Å². The monoisotopic (exact) mass is 294 g/mol. The van der Waals surface area contributed by atoms with E-state index in [9.17, 15) is 19.8 Å². The van der Waals surface area contributed by atoms with Gasteiger partial charge in [-0.1, -0.05) is 6.92 Å². The van der Waals surface area contributed by atoms with Crippen LogP contribution in [-0.4, -0.2) is 34.7 Å². The van der Waals surface area contributed by atoms with Crippen LogP contribution in [0, 0.1) is 22.7 Å². The van der Waals surface area contributed by atoms with E-state index in [0.29, 0.717) is 24.8 Å². The number of carbonyl (C=O) groups is 2. The maximum Gasteiger partial charge on any atom is 0.311 e. The number of aliphatic hydroxyl groups excluding tert-OH is 1. The van der Waals surface area contributed by atoms with Crippen LogP contribution in [-0.2, 0) is 14.3 Å². The SMILES string of the molecule is COC(=O)[C@@]1(C)C[C@@H]2C[C@@]3(O)C(=O)C(O)=C(C)[C@@]3(C)[C@@H]2C1. The lowest BCUT2D eigenvalue weighted by Gasteiger charge is -2.38. The number of esters is 1. The van der Waals surface area contributed by atoms with Crippen LogP contribution in [0.25, 0.3) is 0 Å². The number of ether oxygens (including phenoxy) is 1. The van der Waals surface area contributed by atoms with Gasteiger partial charge >= 0.3 is 5.97 Å². The quantitative estimate of drug-likeness (QED) is 0.720. The molecule has 3 rings (SSSR count). The molecule has 2 fully saturated rings. The second-order valence-corrected chi connectivity index (χ2v) is 7.40. The van der Waals surface area contributed by atoms with Crippen molar-refractivity contribution in [3.05, 3.63) is 11.3 Å². The van der Waals surface area contributed by atoms with Crippen LogP contribution in [0.4, 0.5) is 0 Å². The second-order valence-electron chi connectivity index (χ2n) is 7.40. The van der Waals surface area contributed by atoms with Gasteiger partial charge in [0.15, 0.2) is 5.76 Å². The average molecular weight is 294 g/mol. The lowest BCUT2D eigenvalue weighted by molar-refractivity contribution is -0.153. The van der Waals surface area contributed by atoms with E-state index in [0.717, 1.165) is 0 Å². The van der Waals surface area contributed by atoms with Crippen molar-refractivity contribution in [3.8, 4) is 0 Å². The highest BCUT2D eigenvalue weighted by Crippen LogP contribution is 2.69. The minimum absolute atomic E-state index is 0.000185. The number of rotatable bonds is 1. The summed E-state index contributed by atoms with van der Waals surface area (Å²) in [5.41, 5.74) is -2.33. The van der Waals surface area contributed by atoms with E-state index >= 15 is 0 Å². The summed E-state index contributed by atoms with van der Waals surface area (Å²) in [6.45, 7) is 5.44. The van der Waals surface area contributed by atoms with Crippen molar-refractivity contribution >= 4 is 11.8 Å². The Bertz CT molecular complexity index is 579. The minimum atomic E-state index is -1.52.